The molecule has 0 heterocycles. The Morgan fingerprint density at radius 2 is 2.17 bits per heavy atom. The van der Waals surface area contributed by atoms with Crippen LogP contribution in [-0.4, -0.2) is 24.7 Å². The predicted molar refractivity (Wildman–Crippen MR) is 73.9 cm³/mol. The van der Waals surface area contributed by atoms with Crippen LogP contribution in [0.5, 0.6) is 0 Å². The second kappa shape index (κ2) is 7.62. The van der Waals surface area contributed by atoms with E-state index >= 15 is 0 Å². The molecule has 0 saturated carbocycles. The van der Waals surface area contributed by atoms with Crippen LogP contribution in [0, 0.1) is 6.92 Å². The van der Waals surface area contributed by atoms with Gasteiger partial charge in [0.25, 0.3) is 10.1 Å². The molecule has 0 amide bonds. The van der Waals surface area contributed by atoms with Gasteiger partial charge in [-0.1, -0.05) is 33.7 Å². The van der Waals surface area contributed by atoms with Gasteiger partial charge in [-0.05, 0) is 24.6 Å². The zero-order valence-electron chi connectivity index (χ0n) is 9.33. The third kappa shape index (κ3) is 4.64. The van der Waals surface area contributed by atoms with Crippen LogP contribution in [0.4, 0.5) is 0 Å². The van der Waals surface area contributed by atoms with Crippen molar-refractivity contribution in [2.45, 2.75) is 16.7 Å². The molecule has 0 aliphatic carbocycles. The zero-order valence-corrected chi connectivity index (χ0v) is 13.1. The molecule has 0 atom stereocenters. The Kier molecular flexibility index (Phi) is 6.84. The second-order valence-corrected chi connectivity index (χ2v) is 6.55. The standard InChI is InChI=1S/C9H11IO6S2/c1-7-2-3-8(6-9(7)17-16-15-11)18(12,13)14-5-4-10/h2-3,6,11H,4-5H2,1H3. The van der Waals surface area contributed by atoms with Gasteiger partial charge in [-0.15, -0.1) is 4.33 Å². The van der Waals surface area contributed by atoms with E-state index in [1.54, 1.807) is 13.0 Å². The number of hydrogen-bond acceptors (Lipinski definition) is 7. The maximum Gasteiger partial charge on any atom is 0.297 e. The van der Waals surface area contributed by atoms with Gasteiger partial charge in [-0.3, -0.25) is 4.18 Å². The molecule has 1 N–H and O–H groups in total. The van der Waals surface area contributed by atoms with Gasteiger partial charge in [-0.2, -0.15) is 8.42 Å². The molecular weight excluding hydrogens is 395 g/mol. The lowest BCUT2D eigenvalue weighted by Gasteiger charge is -2.07. The Morgan fingerprint density at radius 1 is 1.44 bits per heavy atom. The molecule has 0 radical (unpaired) electrons. The summed E-state index contributed by atoms with van der Waals surface area (Å²) >= 11 is 2.73. The summed E-state index contributed by atoms with van der Waals surface area (Å²) in [7, 11) is -3.76. The molecule has 1 aromatic rings. The van der Waals surface area contributed by atoms with E-state index in [-0.39, 0.29) is 11.5 Å². The summed E-state index contributed by atoms with van der Waals surface area (Å²) in [5.41, 5.74) is 0.782. The minimum absolute atomic E-state index is 0.0296. The number of benzene rings is 1. The number of halogens is 1. The molecule has 1 rings (SSSR count). The quantitative estimate of drug-likeness (QED) is 0.186. The van der Waals surface area contributed by atoms with E-state index in [0.717, 1.165) is 5.56 Å². The highest BCUT2D eigenvalue weighted by Crippen LogP contribution is 2.27. The minimum atomic E-state index is -3.76. The first-order valence-corrected chi connectivity index (χ1v) is 8.39. The number of rotatable bonds is 7. The van der Waals surface area contributed by atoms with Crippen LogP contribution < -0.4 is 0 Å². The summed E-state index contributed by atoms with van der Waals surface area (Å²) in [4.78, 5) is 0.533. The SMILES string of the molecule is Cc1ccc(S(=O)(=O)OCCI)cc1SOOO. The van der Waals surface area contributed by atoms with Crippen molar-refractivity contribution in [1.82, 2.24) is 0 Å². The van der Waals surface area contributed by atoms with Crippen LogP contribution >= 0.6 is 34.6 Å². The summed E-state index contributed by atoms with van der Waals surface area (Å²) < 4.78 is 33.2. The van der Waals surface area contributed by atoms with E-state index in [0.29, 0.717) is 21.4 Å². The number of aryl methyl sites for hydroxylation is 1. The van der Waals surface area contributed by atoms with Crippen LogP contribution in [0.15, 0.2) is 28.0 Å². The van der Waals surface area contributed by atoms with Crippen molar-refractivity contribution in [2.75, 3.05) is 11.0 Å². The van der Waals surface area contributed by atoms with Gasteiger partial charge in [0.05, 0.1) is 23.5 Å². The largest absolute Gasteiger partial charge is 0.297 e. The first-order chi connectivity index (χ1) is 8.51. The smallest absolute Gasteiger partial charge is 0.266 e. The Labute approximate surface area is 123 Å². The molecule has 0 saturated heterocycles. The highest BCUT2D eigenvalue weighted by atomic mass is 127. The highest BCUT2D eigenvalue weighted by molar-refractivity contribution is 14.1. The molecule has 0 fully saturated rings. The monoisotopic (exact) mass is 406 g/mol. The molecular formula is C9H11IO6S2. The van der Waals surface area contributed by atoms with Crippen molar-refractivity contribution < 1.29 is 27.2 Å². The molecule has 6 nitrogen and oxygen atoms in total. The summed E-state index contributed by atoms with van der Waals surface area (Å²) in [5, 5.41) is 11.5. The topological polar surface area (TPSA) is 82.1 Å². The van der Waals surface area contributed by atoms with Crippen molar-refractivity contribution in [3.05, 3.63) is 23.8 Å². The lowest BCUT2D eigenvalue weighted by Crippen LogP contribution is -2.08. The third-order valence-electron chi connectivity index (χ3n) is 1.92. The summed E-state index contributed by atoms with van der Waals surface area (Å²) in [6.07, 6.45) is 0. The maximum atomic E-state index is 11.8. The van der Waals surface area contributed by atoms with E-state index in [9.17, 15) is 8.42 Å². The molecule has 0 spiro atoms. The summed E-state index contributed by atoms with van der Waals surface area (Å²) in [5.74, 6) is 0. The van der Waals surface area contributed by atoms with Gasteiger partial charge in [0.1, 0.15) is 0 Å². The van der Waals surface area contributed by atoms with Crippen molar-refractivity contribution in [3.8, 4) is 0 Å². The Balaban J connectivity index is 2.96. The van der Waals surface area contributed by atoms with Crippen molar-refractivity contribution in [3.63, 3.8) is 0 Å². The first-order valence-electron chi connectivity index (χ1n) is 4.72. The van der Waals surface area contributed by atoms with E-state index in [2.05, 4.69) is 9.37 Å². The van der Waals surface area contributed by atoms with Gasteiger partial charge >= 0.3 is 0 Å². The first kappa shape index (κ1) is 16.1. The molecule has 1 aromatic carbocycles. The van der Waals surface area contributed by atoms with Crippen LogP contribution in [0.2, 0.25) is 0 Å². The summed E-state index contributed by atoms with van der Waals surface area (Å²) in [6, 6.07) is 4.45. The Bertz CT molecular complexity index is 490. The van der Waals surface area contributed by atoms with Crippen molar-refractivity contribution in [2.24, 2.45) is 0 Å². The molecule has 18 heavy (non-hydrogen) atoms. The average Bonchev–Trinajstić information content (AvgIpc) is 2.35. The predicted octanol–water partition coefficient (Wildman–Crippen LogP) is 2.56. The molecule has 0 aliphatic heterocycles. The fraction of sp³-hybridized carbons (Fsp3) is 0.333. The minimum Gasteiger partial charge on any atom is -0.266 e. The van der Waals surface area contributed by atoms with Crippen molar-refractivity contribution >= 4 is 44.8 Å². The molecule has 0 unspecified atom stereocenters. The fourth-order valence-electron chi connectivity index (χ4n) is 1.09. The zero-order chi connectivity index (χ0) is 13.6. The molecule has 0 aromatic heterocycles. The van der Waals surface area contributed by atoms with Crippen LogP contribution in [0.1, 0.15) is 5.56 Å². The number of alkyl halides is 1. The van der Waals surface area contributed by atoms with Gasteiger partial charge in [-0.25, -0.2) is 5.26 Å². The van der Waals surface area contributed by atoms with E-state index in [1.807, 2.05) is 22.6 Å². The fourth-order valence-corrected chi connectivity index (χ4v) is 3.09. The van der Waals surface area contributed by atoms with Crippen LogP contribution in [0.3, 0.4) is 0 Å². The van der Waals surface area contributed by atoms with Crippen LogP contribution in [-0.2, 0) is 23.7 Å². The Hall–Kier alpha value is 0.0900. The van der Waals surface area contributed by atoms with E-state index in [4.69, 9.17) is 9.44 Å². The van der Waals surface area contributed by atoms with Crippen LogP contribution in [0.25, 0.3) is 0 Å². The number of hydrogen-bond donors (Lipinski definition) is 1. The normalized spacial score (nSPS) is 11.7. The lowest BCUT2D eigenvalue weighted by atomic mass is 10.2. The highest BCUT2D eigenvalue weighted by Gasteiger charge is 2.16. The lowest BCUT2D eigenvalue weighted by molar-refractivity contribution is -0.432. The maximum absolute atomic E-state index is 11.8. The summed E-state index contributed by atoms with van der Waals surface area (Å²) in [6.45, 7) is 1.89. The molecule has 0 aliphatic rings. The van der Waals surface area contributed by atoms with E-state index in [1.165, 1.54) is 12.1 Å². The molecule has 102 valence electrons. The third-order valence-corrected chi connectivity index (χ3v) is 4.42. The van der Waals surface area contributed by atoms with Gasteiger partial charge < -0.3 is 0 Å². The average molecular weight is 406 g/mol. The van der Waals surface area contributed by atoms with Gasteiger partial charge in [0.15, 0.2) is 0 Å². The molecule has 9 heteroatoms. The van der Waals surface area contributed by atoms with Crippen molar-refractivity contribution in [1.29, 1.82) is 0 Å². The second-order valence-electron chi connectivity index (χ2n) is 3.12. The Morgan fingerprint density at radius 3 is 2.78 bits per heavy atom. The van der Waals surface area contributed by atoms with E-state index < -0.39 is 10.1 Å². The molecule has 0 bridgehead atoms. The van der Waals surface area contributed by atoms with Gasteiger partial charge in [0.2, 0.25) is 0 Å². The van der Waals surface area contributed by atoms with Gasteiger partial charge in [0, 0.05) is 9.32 Å².